The van der Waals surface area contributed by atoms with E-state index in [4.69, 9.17) is 4.74 Å². The van der Waals surface area contributed by atoms with Crippen LogP contribution in [0.4, 0.5) is 0 Å². The number of likely N-dealkylation sites (N-methyl/N-ethyl adjacent to an activating group) is 1. The summed E-state index contributed by atoms with van der Waals surface area (Å²) in [5.41, 5.74) is 0. The second-order valence-corrected chi connectivity index (χ2v) is 4.67. The van der Waals surface area contributed by atoms with Crippen molar-refractivity contribution in [3.8, 4) is 0 Å². The summed E-state index contributed by atoms with van der Waals surface area (Å²) in [5.74, 6) is 0.376. The van der Waals surface area contributed by atoms with E-state index in [1.54, 1.807) is 0 Å². The quantitative estimate of drug-likeness (QED) is 0.665. The minimum Gasteiger partial charge on any atom is -0.468 e. The molecule has 0 aliphatic heterocycles. The zero-order valence-corrected chi connectivity index (χ0v) is 11.4. The maximum absolute atomic E-state index is 11.4. The van der Waals surface area contributed by atoms with Gasteiger partial charge in [0, 0.05) is 12.6 Å². The number of esters is 1. The van der Waals surface area contributed by atoms with Gasteiger partial charge in [-0.15, -0.1) is 0 Å². The third-order valence-electron chi connectivity index (χ3n) is 2.90. The van der Waals surface area contributed by atoms with Crippen LogP contribution in [-0.4, -0.2) is 50.7 Å². The maximum atomic E-state index is 11.4. The predicted molar refractivity (Wildman–Crippen MR) is 66.4 cm³/mol. The molecule has 0 amide bonds. The van der Waals surface area contributed by atoms with Crippen LogP contribution >= 0.6 is 0 Å². The molecule has 0 aromatic heterocycles. The molecule has 0 rings (SSSR count). The third-order valence-corrected chi connectivity index (χ3v) is 2.90. The predicted octanol–water partition coefficient (Wildman–Crippen LogP) is 1.11. The van der Waals surface area contributed by atoms with Crippen molar-refractivity contribution in [3.05, 3.63) is 0 Å². The summed E-state index contributed by atoms with van der Waals surface area (Å²) in [4.78, 5) is 13.6. The summed E-state index contributed by atoms with van der Waals surface area (Å²) in [6, 6.07) is 0.241. The molecule has 0 saturated heterocycles. The van der Waals surface area contributed by atoms with E-state index in [1.807, 2.05) is 6.92 Å². The summed E-state index contributed by atoms with van der Waals surface area (Å²) >= 11 is 0. The number of ether oxygens (including phenoxy) is 1. The van der Waals surface area contributed by atoms with E-state index in [0.29, 0.717) is 12.0 Å². The van der Waals surface area contributed by atoms with E-state index in [2.05, 4.69) is 38.2 Å². The van der Waals surface area contributed by atoms with Crippen LogP contribution in [0.1, 0.15) is 27.2 Å². The van der Waals surface area contributed by atoms with Crippen LogP contribution in [0.2, 0.25) is 0 Å². The van der Waals surface area contributed by atoms with E-state index in [1.165, 1.54) is 7.11 Å². The fourth-order valence-electron chi connectivity index (χ4n) is 1.81. The highest BCUT2D eigenvalue weighted by Gasteiger charge is 2.20. The van der Waals surface area contributed by atoms with Gasteiger partial charge in [-0.2, -0.15) is 0 Å². The van der Waals surface area contributed by atoms with Gasteiger partial charge in [-0.05, 0) is 26.4 Å². The normalized spacial score (nSPS) is 15.2. The molecule has 0 aliphatic rings. The van der Waals surface area contributed by atoms with Gasteiger partial charge in [0.2, 0.25) is 0 Å². The summed E-state index contributed by atoms with van der Waals surface area (Å²) in [6.45, 7) is 7.16. The first-order valence-electron chi connectivity index (χ1n) is 5.91. The number of rotatable bonds is 7. The first kappa shape index (κ1) is 15.4. The molecule has 0 saturated carbocycles. The van der Waals surface area contributed by atoms with Crippen LogP contribution in [0.25, 0.3) is 0 Å². The van der Waals surface area contributed by atoms with Crippen molar-refractivity contribution in [2.75, 3.05) is 27.7 Å². The SMILES string of the molecule is CCC(NCC(C(C)C)N(C)C)C(=O)OC. The first-order chi connectivity index (χ1) is 7.43. The molecule has 0 spiro atoms. The largest absolute Gasteiger partial charge is 0.468 e. The Hall–Kier alpha value is -0.610. The molecule has 0 aromatic rings. The second-order valence-electron chi connectivity index (χ2n) is 4.67. The molecule has 4 nitrogen and oxygen atoms in total. The summed E-state index contributed by atoms with van der Waals surface area (Å²) in [7, 11) is 5.55. The highest BCUT2D eigenvalue weighted by atomic mass is 16.5. The fraction of sp³-hybridized carbons (Fsp3) is 0.917. The lowest BCUT2D eigenvalue weighted by Crippen LogP contribution is -2.47. The monoisotopic (exact) mass is 230 g/mol. The minimum absolute atomic E-state index is 0.177. The molecule has 0 fully saturated rings. The van der Waals surface area contributed by atoms with Gasteiger partial charge in [-0.1, -0.05) is 20.8 Å². The van der Waals surface area contributed by atoms with Crippen LogP contribution in [0, 0.1) is 5.92 Å². The van der Waals surface area contributed by atoms with Crippen molar-refractivity contribution in [1.82, 2.24) is 10.2 Å². The number of carbonyl (C=O) groups is 1. The van der Waals surface area contributed by atoms with Crippen LogP contribution in [0.5, 0.6) is 0 Å². The van der Waals surface area contributed by atoms with Crippen LogP contribution < -0.4 is 5.32 Å². The minimum atomic E-state index is -0.189. The second kappa shape index (κ2) is 7.63. The number of methoxy groups -OCH3 is 1. The van der Waals surface area contributed by atoms with Crippen molar-refractivity contribution in [3.63, 3.8) is 0 Å². The molecule has 0 aromatic carbocycles. The number of hydrogen-bond acceptors (Lipinski definition) is 4. The fourth-order valence-corrected chi connectivity index (χ4v) is 1.81. The standard InChI is InChI=1S/C12H26N2O2/c1-7-10(12(15)16-6)13-8-11(9(2)3)14(4)5/h9-11,13H,7-8H2,1-6H3. The summed E-state index contributed by atoms with van der Waals surface area (Å²) in [6.07, 6.45) is 0.755. The van der Waals surface area contributed by atoms with Gasteiger partial charge >= 0.3 is 5.97 Å². The topological polar surface area (TPSA) is 41.6 Å². The Bertz CT molecular complexity index is 197. The van der Waals surface area contributed by atoms with Crippen molar-refractivity contribution in [1.29, 1.82) is 0 Å². The lowest BCUT2D eigenvalue weighted by atomic mass is 10.0. The lowest BCUT2D eigenvalue weighted by Gasteiger charge is -2.29. The van der Waals surface area contributed by atoms with Gasteiger partial charge in [0.05, 0.1) is 7.11 Å². The third kappa shape index (κ3) is 4.94. The van der Waals surface area contributed by atoms with Crippen molar-refractivity contribution in [2.45, 2.75) is 39.3 Å². The molecule has 96 valence electrons. The van der Waals surface area contributed by atoms with Gasteiger partial charge in [0.1, 0.15) is 6.04 Å². The van der Waals surface area contributed by atoms with E-state index >= 15 is 0 Å². The molecule has 4 heteroatoms. The highest BCUT2D eigenvalue weighted by Crippen LogP contribution is 2.07. The zero-order chi connectivity index (χ0) is 12.7. The molecule has 0 aliphatic carbocycles. The van der Waals surface area contributed by atoms with Crippen LogP contribution in [0.3, 0.4) is 0 Å². The number of nitrogens with one attached hydrogen (secondary N) is 1. The summed E-state index contributed by atoms with van der Waals surface area (Å²) in [5, 5.41) is 3.27. The Kier molecular flexibility index (Phi) is 7.34. The smallest absolute Gasteiger partial charge is 0.322 e. The molecule has 16 heavy (non-hydrogen) atoms. The molecule has 0 bridgehead atoms. The summed E-state index contributed by atoms with van der Waals surface area (Å²) < 4.78 is 4.74. The van der Waals surface area contributed by atoms with Gasteiger partial charge < -0.3 is 15.0 Å². The van der Waals surface area contributed by atoms with E-state index in [9.17, 15) is 4.79 Å². The Morgan fingerprint density at radius 1 is 1.38 bits per heavy atom. The molecule has 2 unspecified atom stereocenters. The van der Waals surface area contributed by atoms with Gasteiger partial charge in [-0.3, -0.25) is 4.79 Å². The number of carbonyl (C=O) groups excluding carboxylic acids is 1. The molecule has 1 N–H and O–H groups in total. The number of nitrogens with zero attached hydrogens (tertiary/aromatic N) is 1. The van der Waals surface area contributed by atoms with Crippen LogP contribution in [0.15, 0.2) is 0 Å². The lowest BCUT2D eigenvalue weighted by molar-refractivity contribution is -0.143. The number of hydrogen-bond donors (Lipinski definition) is 1. The van der Waals surface area contributed by atoms with Crippen LogP contribution in [-0.2, 0) is 9.53 Å². The van der Waals surface area contributed by atoms with Crippen molar-refractivity contribution in [2.24, 2.45) is 5.92 Å². The van der Waals surface area contributed by atoms with Gasteiger partial charge in [-0.25, -0.2) is 0 Å². The highest BCUT2D eigenvalue weighted by molar-refractivity contribution is 5.75. The molecular formula is C12H26N2O2. The Morgan fingerprint density at radius 2 is 1.94 bits per heavy atom. The molecule has 0 radical (unpaired) electrons. The van der Waals surface area contributed by atoms with Crippen molar-refractivity contribution < 1.29 is 9.53 Å². The van der Waals surface area contributed by atoms with Crippen molar-refractivity contribution >= 4 is 5.97 Å². The molecular weight excluding hydrogens is 204 g/mol. The first-order valence-corrected chi connectivity index (χ1v) is 5.91. The Morgan fingerprint density at radius 3 is 2.25 bits per heavy atom. The molecule has 2 atom stereocenters. The van der Waals surface area contributed by atoms with E-state index < -0.39 is 0 Å². The van der Waals surface area contributed by atoms with Gasteiger partial charge in [0.15, 0.2) is 0 Å². The average molecular weight is 230 g/mol. The Balaban J connectivity index is 4.22. The zero-order valence-electron chi connectivity index (χ0n) is 11.4. The molecule has 0 heterocycles. The maximum Gasteiger partial charge on any atom is 0.322 e. The average Bonchev–Trinajstić information content (AvgIpc) is 2.22. The Labute approximate surface area is 99.3 Å². The van der Waals surface area contributed by atoms with E-state index in [-0.39, 0.29) is 12.0 Å². The van der Waals surface area contributed by atoms with Gasteiger partial charge in [0.25, 0.3) is 0 Å². The van der Waals surface area contributed by atoms with E-state index in [0.717, 1.165) is 13.0 Å².